The smallest absolute Gasteiger partial charge is 0.262 e. The van der Waals surface area contributed by atoms with Gasteiger partial charge in [-0.25, -0.2) is 4.98 Å². The molecule has 4 nitrogen and oxygen atoms in total. The fraction of sp³-hybridized carbons (Fsp3) is 0.250. The number of hydrogen-bond donors (Lipinski definition) is 0. The van der Waals surface area contributed by atoms with Crippen molar-refractivity contribution < 1.29 is 4.74 Å². The SMILES string of the molecule is COc1ccc(Br)cc1Cn1cnc2sc(C)c(C)c2c1=O. The van der Waals surface area contributed by atoms with E-state index in [2.05, 4.69) is 20.9 Å². The zero-order valence-corrected chi connectivity index (χ0v) is 14.9. The van der Waals surface area contributed by atoms with E-state index >= 15 is 0 Å². The second-order valence-electron chi connectivity index (χ2n) is 5.10. The number of aryl methyl sites for hydroxylation is 2. The van der Waals surface area contributed by atoms with Gasteiger partial charge in [0.05, 0.1) is 25.4 Å². The van der Waals surface area contributed by atoms with Crippen LogP contribution in [0.25, 0.3) is 10.2 Å². The Balaban J connectivity index is 2.12. The molecule has 0 saturated heterocycles. The van der Waals surface area contributed by atoms with Gasteiger partial charge >= 0.3 is 0 Å². The fourth-order valence-corrected chi connectivity index (χ4v) is 3.83. The third-order valence-corrected chi connectivity index (χ3v) is 5.35. The number of hydrogen-bond acceptors (Lipinski definition) is 4. The Kier molecular flexibility index (Phi) is 4.06. The molecule has 3 rings (SSSR count). The van der Waals surface area contributed by atoms with Gasteiger partial charge in [0.25, 0.3) is 5.56 Å². The Hall–Kier alpha value is -1.66. The van der Waals surface area contributed by atoms with E-state index in [0.717, 1.165) is 36.4 Å². The van der Waals surface area contributed by atoms with Crippen LogP contribution in [0.15, 0.2) is 33.8 Å². The van der Waals surface area contributed by atoms with Crippen LogP contribution in [0.2, 0.25) is 0 Å². The van der Waals surface area contributed by atoms with Gasteiger partial charge in [0.2, 0.25) is 0 Å². The molecular weight excluding hydrogens is 364 g/mol. The number of halogens is 1. The van der Waals surface area contributed by atoms with Crippen LogP contribution in [0.4, 0.5) is 0 Å². The molecule has 0 radical (unpaired) electrons. The fourth-order valence-electron chi connectivity index (χ4n) is 2.44. The van der Waals surface area contributed by atoms with E-state index in [4.69, 9.17) is 4.74 Å². The predicted octanol–water partition coefficient (Wildman–Crippen LogP) is 3.89. The van der Waals surface area contributed by atoms with Gasteiger partial charge in [-0.3, -0.25) is 9.36 Å². The number of ether oxygens (including phenoxy) is 1. The summed E-state index contributed by atoms with van der Waals surface area (Å²) in [5.74, 6) is 0.758. The molecule has 114 valence electrons. The number of nitrogens with zero attached hydrogens (tertiary/aromatic N) is 2. The molecule has 1 aromatic carbocycles. The maximum absolute atomic E-state index is 12.7. The van der Waals surface area contributed by atoms with E-state index < -0.39 is 0 Å². The number of methoxy groups -OCH3 is 1. The van der Waals surface area contributed by atoms with Crippen molar-refractivity contribution in [1.82, 2.24) is 9.55 Å². The quantitative estimate of drug-likeness (QED) is 0.694. The number of benzene rings is 1. The lowest BCUT2D eigenvalue weighted by molar-refractivity contribution is 0.408. The molecule has 0 bridgehead atoms. The lowest BCUT2D eigenvalue weighted by Gasteiger charge is -2.10. The van der Waals surface area contributed by atoms with Crippen LogP contribution in [-0.2, 0) is 6.54 Å². The number of rotatable bonds is 3. The minimum absolute atomic E-state index is 0.00567. The first-order chi connectivity index (χ1) is 10.5. The van der Waals surface area contributed by atoms with Crippen LogP contribution in [0.3, 0.4) is 0 Å². The second-order valence-corrected chi connectivity index (χ2v) is 7.22. The molecule has 0 N–H and O–H groups in total. The molecule has 0 fully saturated rings. The topological polar surface area (TPSA) is 44.1 Å². The maximum Gasteiger partial charge on any atom is 0.262 e. The predicted molar refractivity (Wildman–Crippen MR) is 93.2 cm³/mol. The molecule has 0 atom stereocenters. The Morgan fingerprint density at radius 1 is 1.36 bits per heavy atom. The standard InChI is InChI=1S/C16H15BrN2O2S/c1-9-10(2)22-15-14(9)16(20)19(8-18-15)7-11-6-12(17)4-5-13(11)21-3/h4-6,8H,7H2,1-3H3. The van der Waals surface area contributed by atoms with Crippen LogP contribution in [0.5, 0.6) is 5.75 Å². The molecule has 0 aliphatic heterocycles. The van der Waals surface area contributed by atoms with Crippen molar-refractivity contribution in [3.05, 3.63) is 55.4 Å². The zero-order chi connectivity index (χ0) is 15.9. The molecule has 2 aromatic heterocycles. The largest absolute Gasteiger partial charge is 0.496 e. The molecule has 3 aromatic rings. The van der Waals surface area contributed by atoms with Gasteiger partial charge < -0.3 is 4.74 Å². The second kappa shape index (κ2) is 5.85. The summed E-state index contributed by atoms with van der Waals surface area (Å²) in [6, 6.07) is 5.76. The first kappa shape index (κ1) is 15.2. The molecule has 0 aliphatic rings. The van der Waals surface area contributed by atoms with Gasteiger partial charge in [0.15, 0.2) is 0 Å². The minimum atomic E-state index is -0.00567. The van der Waals surface area contributed by atoms with E-state index in [1.54, 1.807) is 29.3 Å². The summed E-state index contributed by atoms with van der Waals surface area (Å²) in [5.41, 5.74) is 1.95. The first-order valence-electron chi connectivity index (χ1n) is 6.79. The molecule has 0 aliphatic carbocycles. The van der Waals surface area contributed by atoms with E-state index in [1.165, 1.54) is 0 Å². The van der Waals surface area contributed by atoms with Crippen LogP contribution in [-0.4, -0.2) is 16.7 Å². The highest BCUT2D eigenvalue weighted by Crippen LogP contribution is 2.26. The highest BCUT2D eigenvalue weighted by atomic mass is 79.9. The molecule has 22 heavy (non-hydrogen) atoms. The summed E-state index contributed by atoms with van der Waals surface area (Å²) in [6.07, 6.45) is 1.61. The zero-order valence-electron chi connectivity index (χ0n) is 12.5. The molecule has 0 amide bonds. The van der Waals surface area contributed by atoms with Crippen molar-refractivity contribution >= 4 is 37.5 Å². The number of fused-ring (bicyclic) bond motifs is 1. The first-order valence-corrected chi connectivity index (χ1v) is 8.39. The van der Waals surface area contributed by atoms with Crippen molar-refractivity contribution in [2.45, 2.75) is 20.4 Å². The highest BCUT2D eigenvalue weighted by molar-refractivity contribution is 9.10. The molecular formula is C16H15BrN2O2S. The highest BCUT2D eigenvalue weighted by Gasteiger charge is 2.13. The summed E-state index contributed by atoms with van der Waals surface area (Å²) < 4.78 is 7.96. The lowest BCUT2D eigenvalue weighted by atomic mass is 10.2. The van der Waals surface area contributed by atoms with Gasteiger partial charge in [-0.1, -0.05) is 15.9 Å². The third kappa shape index (κ3) is 2.57. The normalized spacial score (nSPS) is 11.1. The third-order valence-electron chi connectivity index (χ3n) is 3.74. The summed E-state index contributed by atoms with van der Waals surface area (Å²) >= 11 is 5.02. The van der Waals surface area contributed by atoms with E-state index in [0.29, 0.717) is 6.54 Å². The Morgan fingerprint density at radius 2 is 2.14 bits per heavy atom. The van der Waals surface area contributed by atoms with Crippen molar-refractivity contribution in [3.63, 3.8) is 0 Å². The summed E-state index contributed by atoms with van der Waals surface area (Å²) in [6.45, 7) is 4.42. The molecule has 2 heterocycles. The van der Waals surface area contributed by atoms with Crippen LogP contribution in [0, 0.1) is 13.8 Å². The van der Waals surface area contributed by atoms with Gasteiger partial charge in [-0.15, -0.1) is 11.3 Å². The number of thiophene rings is 1. The molecule has 0 spiro atoms. The monoisotopic (exact) mass is 378 g/mol. The van der Waals surface area contributed by atoms with Gasteiger partial charge in [-0.05, 0) is 37.6 Å². The van der Waals surface area contributed by atoms with Crippen molar-refractivity contribution in [1.29, 1.82) is 0 Å². The van der Waals surface area contributed by atoms with E-state index in [9.17, 15) is 4.79 Å². The van der Waals surface area contributed by atoms with Crippen molar-refractivity contribution in [2.75, 3.05) is 7.11 Å². The van der Waals surface area contributed by atoms with Crippen molar-refractivity contribution in [2.24, 2.45) is 0 Å². The maximum atomic E-state index is 12.7. The Morgan fingerprint density at radius 3 is 2.86 bits per heavy atom. The van der Waals surface area contributed by atoms with E-state index in [1.807, 2.05) is 32.0 Å². The summed E-state index contributed by atoms with van der Waals surface area (Å²) in [5, 5.41) is 0.721. The lowest BCUT2D eigenvalue weighted by Crippen LogP contribution is -2.21. The molecule has 0 unspecified atom stereocenters. The van der Waals surface area contributed by atoms with Crippen LogP contribution < -0.4 is 10.3 Å². The average Bonchev–Trinajstić information content (AvgIpc) is 2.78. The Bertz CT molecular complexity index is 914. The van der Waals surface area contributed by atoms with Gasteiger partial charge in [0.1, 0.15) is 10.6 Å². The average molecular weight is 379 g/mol. The van der Waals surface area contributed by atoms with Crippen LogP contribution in [0.1, 0.15) is 16.0 Å². The molecule has 0 saturated carbocycles. The summed E-state index contributed by atoms with van der Waals surface area (Å²) in [4.78, 5) is 19.1. The van der Waals surface area contributed by atoms with Gasteiger partial charge in [-0.2, -0.15) is 0 Å². The van der Waals surface area contributed by atoms with Crippen LogP contribution >= 0.6 is 27.3 Å². The molecule has 6 heteroatoms. The van der Waals surface area contributed by atoms with E-state index in [-0.39, 0.29) is 5.56 Å². The minimum Gasteiger partial charge on any atom is -0.496 e. The number of aromatic nitrogens is 2. The van der Waals surface area contributed by atoms with Gasteiger partial charge in [0, 0.05) is 14.9 Å². The van der Waals surface area contributed by atoms with Crippen molar-refractivity contribution in [3.8, 4) is 5.75 Å². The Labute approximate surface area is 140 Å². The summed E-state index contributed by atoms with van der Waals surface area (Å²) in [7, 11) is 1.63.